The number of nitrogens with zero attached hydrogens (tertiary/aromatic N) is 1. The molecule has 4 rings (SSSR count). The molecule has 0 aliphatic carbocycles. The van der Waals surface area contributed by atoms with Crippen molar-refractivity contribution < 1.29 is 0 Å². The van der Waals surface area contributed by atoms with E-state index in [4.69, 9.17) is 0 Å². The van der Waals surface area contributed by atoms with Crippen LogP contribution in [-0.2, 0) is 13.0 Å². The Balaban J connectivity index is 1.92. The van der Waals surface area contributed by atoms with E-state index in [0.717, 1.165) is 13.0 Å². The Kier molecular flexibility index (Phi) is 5.02. The standard InChI is InChI=1S/C26H23N/c1-2-18-27-25(23-16-10-5-11-17-23)20-24(22-14-8-4-9-15-22)26(27)19-21-12-6-3-7-13-21/h2-17,20H,1,18-19H2. The fraction of sp³-hybridized carbons (Fsp3) is 0.0769. The zero-order valence-electron chi connectivity index (χ0n) is 15.4. The highest BCUT2D eigenvalue weighted by atomic mass is 15.0. The van der Waals surface area contributed by atoms with Gasteiger partial charge in [0.2, 0.25) is 0 Å². The van der Waals surface area contributed by atoms with E-state index in [2.05, 4.69) is 108 Å². The molecular weight excluding hydrogens is 326 g/mol. The van der Waals surface area contributed by atoms with E-state index in [1.165, 1.54) is 33.6 Å². The Labute approximate surface area is 161 Å². The third-order valence-electron chi connectivity index (χ3n) is 4.89. The summed E-state index contributed by atoms with van der Waals surface area (Å²) in [6, 6.07) is 34.3. The van der Waals surface area contributed by atoms with Crippen LogP contribution in [0.4, 0.5) is 0 Å². The summed E-state index contributed by atoms with van der Waals surface area (Å²) in [5.74, 6) is 0. The first-order valence-corrected chi connectivity index (χ1v) is 9.35. The lowest BCUT2D eigenvalue weighted by Crippen LogP contribution is -2.05. The summed E-state index contributed by atoms with van der Waals surface area (Å²) < 4.78 is 2.40. The summed E-state index contributed by atoms with van der Waals surface area (Å²) in [6.07, 6.45) is 2.88. The molecule has 4 aromatic rings. The Hall–Kier alpha value is -3.32. The molecule has 0 saturated carbocycles. The van der Waals surface area contributed by atoms with Crippen LogP contribution < -0.4 is 0 Å². The predicted molar refractivity (Wildman–Crippen MR) is 115 cm³/mol. The van der Waals surface area contributed by atoms with E-state index in [9.17, 15) is 0 Å². The third-order valence-corrected chi connectivity index (χ3v) is 4.89. The largest absolute Gasteiger partial charge is 0.340 e. The second-order valence-corrected chi connectivity index (χ2v) is 6.68. The summed E-state index contributed by atoms with van der Waals surface area (Å²) >= 11 is 0. The SMILES string of the molecule is C=CCn1c(-c2ccccc2)cc(-c2ccccc2)c1Cc1ccccc1. The molecule has 0 aliphatic heterocycles. The van der Waals surface area contributed by atoms with Crippen LogP contribution in [0.1, 0.15) is 11.3 Å². The highest BCUT2D eigenvalue weighted by Crippen LogP contribution is 2.34. The molecule has 1 nitrogen and oxygen atoms in total. The molecule has 0 spiro atoms. The van der Waals surface area contributed by atoms with Gasteiger partial charge in [-0.3, -0.25) is 0 Å². The van der Waals surface area contributed by atoms with E-state index < -0.39 is 0 Å². The van der Waals surface area contributed by atoms with Gasteiger partial charge in [0.1, 0.15) is 0 Å². The zero-order chi connectivity index (χ0) is 18.5. The minimum atomic E-state index is 0.791. The van der Waals surface area contributed by atoms with Crippen molar-refractivity contribution >= 4 is 0 Å². The molecule has 1 aromatic heterocycles. The van der Waals surface area contributed by atoms with Gasteiger partial charge in [-0.2, -0.15) is 0 Å². The van der Waals surface area contributed by atoms with Crippen LogP contribution in [0.5, 0.6) is 0 Å². The maximum Gasteiger partial charge on any atom is 0.0491 e. The lowest BCUT2D eigenvalue weighted by molar-refractivity contribution is 0.787. The van der Waals surface area contributed by atoms with E-state index in [0.29, 0.717) is 0 Å². The van der Waals surface area contributed by atoms with Crippen molar-refractivity contribution in [1.82, 2.24) is 4.57 Å². The zero-order valence-corrected chi connectivity index (χ0v) is 15.4. The van der Waals surface area contributed by atoms with Gasteiger partial charge >= 0.3 is 0 Å². The number of aromatic nitrogens is 1. The number of allylic oxidation sites excluding steroid dienone is 1. The highest BCUT2D eigenvalue weighted by Gasteiger charge is 2.17. The van der Waals surface area contributed by atoms with E-state index in [-0.39, 0.29) is 0 Å². The molecule has 132 valence electrons. The molecule has 0 amide bonds. The number of benzene rings is 3. The van der Waals surface area contributed by atoms with Crippen molar-refractivity contribution in [2.45, 2.75) is 13.0 Å². The van der Waals surface area contributed by atoms with Crippen LogP contribution >= 0.6 is 0 Å². The number of hydrogen-bond acceptors (Lipinski definition) is 0. The first kappa shape index (κ1) is 17.1. The summed E-state index contributed by atoms with van der Waals surface area (Å²) in [4.78, 5) is 0. The average Bonchev–Trinajstić information content (AvgIpc) is 3.08. The van der Waals surface area contributed by atoms with Crippen molar-refractivity contribution in [2.24, 2.45) is 0 Å². The highest BCUT2D eigenvalue weighted by molar-refractivity contribution is 5.75. The molecule has 0 bridgehead atoms. The fourth-order valence-electron chi connectivity index (χ4n) is 3.62. The van der Waals surface area contributed by atoms with Gasteiger partial charge in [0.25, 0.3) is 0 Å². The first-order chi connectivity index (χ1) is 13.4. The van der Waals surface area contributed by atoms with Gasteiger partial charge in [-0.1, -0.05) is 97.1 Å². The number of rotatable bonds is 6. The van der Waals surface area contributed by atoms with Crippen molar-refractivity contribution in [1.29, 1.82) is 0 Å². The molecule has 0 saturated heterocycles. The summed E-state index contributed by atoms with van der Waals surface area (Å²) in [6.45, 7) is 4.79. The normalized spacial score (nSPS) is 10.7. The molecule has 27 heavy (non-hydrogen) atoms. The van der Waals surface area contributed by atoms with Crippen LogP contribution in [0, 0.1) is 0 Å². The van der Waals surface area contributed by atoms with Crippen molar-refractivity contribution in [2.75, 3.05) is 0 Å². The monoisotopic (exact) mass is 349 g/mol. The second kappa shape index (κ2) is 7.92. The van der Waals surface area contributed by atoms with Crippen LogP contribution in [0.15, 0.2) is 110 Å². The predicted octanol–water partition coefficient (Wildman–Crippen LogP) is 6.60. The molecule has 0 fully saturated rings. The topological polar surface area (TPSA) is 4.93 Å². The fourth-order valence-corrected chi connectivity index (χ4v) is 3.62. The van der Waals surface area contributed by atoms with Gasteiger partial charge in [0, 0.05) is 29.9 Å². The van der Waals surface area contributed by atoms with Gasteiger partial charge in [0.15, 0.2) is 0 Å². The van der Waals surface area contributed by atoms with Crippen molar-refractivity contribution in [3.05, 3.63) is 121 Å². The van der Waals surface area contributed by atoms with Crippen LogP contribution in [-0.4, -0.2) is 4.57 Å². The Morgan fingerprint density at radius 3 is 1.85 bits per heavy atom. The summed E-state index contributed by atoms with van der Waals surface area (Å²) in [5.41, 5.74) is 7.66. The Bertz CT molecular complexity index is 1010. The number of hydrogen-bond donors (Lipinski definition) is 0. The quantitative estimate of drug-likeness (QED) is 0.346. The van der Waals surface area contributed by atoms with Gasteiger partial charge in [-0.15, -0.1) is 6.58 Å². The van der Waals surface area contributed by atoms with Gasteiger partial charge in [0.05, 0.1) is 0 Å². The van der Waals surface area contributed by atoms with Gasteiger partial charge in [-0.05, 0) is 22.8 Å². The second-order valence-electron chi connectivity index (χ2n) is 6.68. The van der Waals surface area contributed by atoms with Crippen LogP contribution in [0.3, 0.4) is 0 Å². The summed E-state index contributed by atoms with van der Waals surface area (Å²) in [7, 11) is 0. The van der Waals surface area contributed by atoms with E-state index in [1.807, 2.05) is 6.08 Å². The van der Waals surface area contributed by atoms with Crippen LogP contribution in [0.25, 0.3) is 22.4 Å². The third kappa shape index (κ3) is 3.63. The van der Waals surface area contributed by atoms with Gasteiger partial charge < -0.3 is 4.57 Å². The maximum absolute atomic E-state index is 4.00. The van der Waals surface area contributed by atoms with Crippen molar-refractivity contribution in [3.63, 3.8) is 0 Å². The molecule has 1 heterocycles. The van der Waals surface area contributed by atoms with E-state index >= 15 is 0 Å². The minimum Gasteiger partial charge on any atom is -0.340 e. The van der Waals surface area contributed by atoms with Crippen LogP contribution in [0.2, 0.25) is 0 Å². The average molecular weight is 349 g/mol. The molecule has 0 radical (unpaired) electrons. The Morgan fingerprint density at radius 1 is 0.704 bits per heavy atom. The smallest absolute Gasteiger partial charge is 0.0491 e. The first-order valence-electron chi connectivity index (χ1n) is 9.35. The molecule has 0 atom stereocenters. The van der Waals surface area contributed by atoms with E-state index in [1.54, 1.807) is 0 Å². The molecule has 0 unspecified atom stereocenters. The Morgan fingerprint density at radius 2 is 1.26 bits per heavy atom. The lowest BCUT2D eigenvalue weighted by atomic mass is 10.0. The van der Waals surface area contributed by atoms with Gasteiger partial charge in [-0.25, -0.2) is 0 Å². The molecule has 3 aromatic carbocycles. The molecule has 0 aliphatic rings. The molecule has 1 heteroatoms. The molecular formula is C26H23N. The minimum absolute atomic E-state index is 0.791. The molecule has 0 N–H and O–H groups in total. The van der Waals surface area contributed by atoms with Crippen molar-refractivity contribution in [3.8, 4) is 22.4 Å². The lowest BCUT2D eigenvalue weighted by Gasteiger charge is -2.13. The maximum atomic E-state index is 4.00. The summed E-state index contributed by atoms with van der Waals surface area (Å²) in [5, 5.41) is 0.